The highest BCUT2D eigenvalue weighted by Crippen LogP contribution is 2.17. The van der Waals surface area contributed by atoms with Crippen LogP contribution in [0.2, 0.25) is 0 Å². The molecule has 0 radical (unpaired) electrons. The van der Waals surface area contributed by atoms with Gasteiger partial charge in [-0.05, 0) is 60.1 Å². The number of urea groups is 2. The molecule has 0 bridgehead atoms. The first-order chi connectivity index (χ1) is 28.7. The zero-order chi connectivity index (χ0) is 43.6. The van der Waals surface area contributed by atoms with Gasteiger partial charge >= 0.3 is 12.1 Å². The number of carbonyl (C=O) groups is 4. The molecular formula is C46H62N8O6. The second-order valence-corrected chi connectivity index (χ2v) is 15.9. The summed E-state index contributed by atoms with van der Waals surface area (Å²) >= 11 is 0. The van der Waals surface area contributed by atoms with Crippen molar-refractivity contribution in [3.63, 3.8) is 0 Å². The molecule has 0 saturated heterocycles. The van der Waals surface area contributed by atoms with Crippen molar-refractivity contribution in [2.75, 3.05) is 27.2 Å². The summed E-state index contributed by atoms with van der Waals surface area (Å²) in [5.74, 6) is -1.75. The fourth-order valence-electron chi connectivity index (χ4n) is 6.69. The molecule has 4 aromatic rings. The summed E-state index contributed by atoms with van der Waals surface area (Å²) < 4.78 is 0. The minimum absolute atomic E-state index is 0.134. The molecule has 14 heteroatoms. The summed E-state index contributed by atoms with van der Waals surface area (Å²) in [5.41, 5.74) is 3.23. The molecule has 322 valence electrons. The number of likely N-dealkylation sites (N-methyl/N-ethyl adjacent to an activating group) is 2. The maximum Gasteiger partial charge on any atom is 0.317 e. The van der Waals surface area contributed by atoms with Crippen LogP contribution in [0.4, 0.5) is 9.59 Å². The maximum absolute atomic E-state index is 14.1. The Morgan fingerprint density at radius 1 is 0.533 bits per heavy atom. The number of aromatic nitrogens is 2. The van der Waals surface area contributed by atoms with Crippen LogP contribution in [0, 0.1) is 11.8 Å². The first-order valence-electron chi connectivity index (χ1n) is 20.6. The Balaban J connectivity index is 1.52. The molecule has 0 spiro atoms. The number of hydrogen-bond donors (Lipinski definition) is 6. The van der Waals surface area contributed by atoms with E-state index in [1.54, 1.807) is 26.5 Å². The van der Waals surface area contributed by atoms with Gasteiger partial charge in [-0.2, -0.15) is 0 Å². The minimum atomic E-state index is -1.59. The summed E-state index contributed by atoms with van der Waals surface area (Å²) in [6.07, 6.45) is 1.54. The second-order valence-electron chi connectivity index (χ2n) is 15.9. The third-order valence-corrected chi connectivity index (χ3v) is 10.4. The van der Waals surface area contributed by atoms with E-state index in [1.165, 1.54) is 9.80 Å². The minimum Gasteiger partial charge on any atom is -0.388 e. The summed E-state index contributed by atoms with van der Waals surface area (Å²) in [4.78, 5) is 66.4. The van der Waals surface area contributed by atoms with Crippen LogP contribution < -0.4 is 21.3 Å². The van der Waals surface area contributed by atoms with E-state index in [-0.39, 0.29) is 24.7 Å². The average molecular weight is 823 g/mol. The fraction of sp³-hybridized carbons (Fsp3) is 0.435. The highest BCUT2D eigenvalue weighted by atomic mass is 16.3. The highest BCUT2D eigenvalue weighted by molar-refractivity contribution is 5.88. The molecule has 0 unspecified atom stereocenters. The first kappa shape index (κ1) is 46.8. The Bertz CT molecular complexity index is 1770. The molecule has 60 heavy (non-hydrogen) atoms. The van der Waals surface area contributed by atoms with Crippen LogP contribution >= 0.6 is 0 Å². The molecule has 6 amide bonds. The van der Waals surface area contributed by atoms with E-state index in [1.807, 2.05) is 125 Å². The van der Waals surface area contributed by atoms with E-state index in [0.29, 0.717) is 25.9 Å². The van der Waals surface area contributed by atoms with Gasteiger partial charge in [-0.25, -0.2) is 9.59 Å². The van der Waals surface area contributed by atoms with Crippen LogP contribution in [0.1, 0.15) is 50.2 Å². The van der Waals surface area contributed by atoms with Crippen molar-refractivity contribution in [3.8, 4) is 0 Å². The molecule has 0 aliphatic heterocycles. The standard InChI is InChI=1S/C46H62N8O6/c1-31(2)39(51-45(59)53(5)27-23-35-21-13-15-25-47-35)43(57)49-37(29-33-17-9-7-10-18-33)41(55)42(56)38(30-34-19-11-8-12-20-34)50-44(58)40(32(3)4)52-46(60)54(6)28-24-36-22-14-16-26-48-36/h7-22,25-26,31-32,37-42,55-56H,23-24,27-30H2,1-6H3,(H,49,57)(H,50,58)(H,51,59)(H,52,60)/t37-,38-,39-,40-,41-,42+/m0/s1. The van der Waals surface area contributed by atoms with E-state index in [9.17, 15) is 29.4 Å². The zero-order valence-electron chi connectivity index (χ0n) is 35.6. The van der Waals surface area contributed by atoms with Crippen LogP contribution in [0.25, 0.3) is 0 Å². The number of rotatable bonds is 21. The summed E-state index contributed by atoms with van der Waals surface area (Å²) in [7, 11) is 3.29. The van der Waals surface area contributed by atoms with E-state index in [4.69, 9.17) is 0 Å². The molecule has 2 aromatic heterocycles. The number of carbonyl (C=O) groups excluding carboxylic acids is 4. The van der Waals surface area contributed by atoms with Gasteiger partial charge in [-0.1, -0.05) is 100 Å². The molecule has 14 nitrogen and oxygen atoms in total. The molecule has 0 saturated carbocycles. The van der Waals surface area contributed by atoms with Crippen molar-refractivity contribution >= 4 is 23.9 Å². The predicted molar refractivity (Wildman–Crippen MR) is 232 cm³/mol. The van der Waals surface area contributed by atoms with Gasteiger partial charge in [0.25, 0.3) is 0 Å². The van der Waals surface area contributed by atoms with Crippen molar-refractivity contribution in [2.24, 2.45) is 11.8 Å². The molecule has 6 N–H and O–H groups in total. The van der Waals surface area contributed by atoms with E-state index < -0.39 is 60.3 Å². The Kier molecular flexibility index (Phi) is 18.5. The lowest BCUT2D eigenvalue weighted by atomic mass is 9.90. The van der Waals surface area contributed by atoms with Crippen LogP contribution in [-0.4, -0.2) is 117 Å². The number of nitrogens with zero attached hydrogens (tertiary/aromatic N) is 4. The van der Waals surface area contributed by atoms with Gasteiger partial charge in [0.05, 0.1) is 12.1 Å². The van der Waals surface area contributed by atoms with Crippen LogP contribution in [0.15, 0.2) is 109 Å². The topological polar surface area (TPSA) is 189 Å². The Labute approximate surface area is 354 Å². The van der Waals surface area contributed by atoms with Gasteiger partial charge < -0.3 is 41.3 Å². The molecule has 6 atom stereocenters. The Morgan fingerprint density at radius 3 is 1.20 bits per heavy atom. The fourth-order valence-corrected chi connectivity index (χ4v) is 6.69. The van der Waals surface area contributed by atoms with Gasteiger partial charge in [0, 0.05) is 63.8 Å². The number of nitrogens with one attached hydrogen (secondary N) is 4. The number of hydrogen-bond acceptors (Lipinski definition) is 8. The molecule has 2 aromatic carbocycles. The van der Waals surface area contributed by atoms with Crippen LogP contribution in [0.3, 0.4) is 0 Å². The highest BCUT2D eigenvalue weighted by Gasteiger charge is 2.38. The van der Waals surface area contributed by atoms with Crippen molar-refractivity contribution in [3.05, 3.63) is 132 Å². The summed E-state index contributed by atoms with van der Waals surface area (Å²) in [5, 5.41) is 35.6. The first-order valence-corrected chi connectivity index (χ1v) is 20.6. The van der Waals surface area contributed by atoms with Gasteiger partial charge in [0.2, 0.25) is 11.8 Å². The largest absolute Gasteiger partial charge is 0.388 e. The van der Waals surface area contributed by atoms with Gasteiger partial charge in [-0.15, -0.1) is 0 Å². The number of aliphatic hydroxyl groups is 2. The SMILES string of the molecule is CC(C)[C@H](NC(=O)N(C)CCc1ccccn1)C(=O)N[C@@H](Cc1ccccc1)[C@H](O)[C@H](O)[C@H](Cc1ccccc1)NC(=O)[C@@H](NC(=O)N(C)CCc1ccccn1)C(C)C. The van der Waals surface area contributed by atoms with Crippen LogP contribution in [-0.2, 0) is 35.3 Å². The third kappa shape index (κ3) is 14.8. The zero-order valence-corrected chi connectivity index (χ0v) is 35.6. The van der Waals surface area contributed by atoms with Crippen molar-refractivity contribution < 1.29 is 29.4 Å². The van der Waals surface area contributed by atoms with Crippen molar-refractivity contribution in [1.82, 2.24) is 41.0 Å². The second kappa shape index (κ2) is 23.7. The monoisotopic (exact) mass is 822 g/mol. The number of pyridine rings is 2. The van der Waals surface area contributed by atoms with E-state index in [0.717, 1.165) is 22.5 Å². The Morgan fingerprint density at radius 2 is 0.883 bits per heavy atom. The van der Waals surface area contributed by atoms with E-state index >= 15 is 0 Å². The average Bonchev–Trinajstić information content (AvgIpc) is 3.25. The quantitative estimate of drug-likeness (QED) is 0.0733. The molecule has 0 fully saturated rings. The molecular weight excluding hydrogens is 761 g/mol. The third-order valence-electron chi connectivity index (χ3n) is 10.4. The number of amides is 6. The van der Waals surface area contributed by atoms with Crippen molar-refractivity contribution in [2.45, 2.75) is 89.8 Å². The maximum atomic E-state index is 14.1. The predicted octanol–water partition coefficient (Wildman–Crippen LogP) is 3.77. The molecule has 2 heterocycles. The Hall–Kier alpha value is -5.86. The summed E-state index contributed by atoms with van der Waals surface area (Å²) in [6.45, 7) is 7.98. The smallest absolute Gasteiger partial charge is 0.317 e. The molecule has 0 aliphatic rings. The lowest BCUT2D eigenvalue weighted by molar-refractivity contribution is -0.129. The number of benzene rings is 2. The van der Waals surface area contributed by atoms with Gasteiger partial charge in [0.15, 0.2) is 0 Å². The molecule has 0 aliphatic carbocycles. The van der Waals surface area contributed by atoms with E-state index in [2.05, 4.69) is 31.2 Å². The number of aliphatic hydroxyl groups excluding tert-OH is 2. The van der Waals surface area contributed by atoms with Crippen LogP contribution in [0.5, 0.6) is 0 Å². The lowest BCUT2D eigenvalue weighted by Crippen LogP contribution is -2.62. The molecule has 4 rings (SSSR count). The van der Waals surface area contributed by atoms with Crippen molar-refractivity contribution in [1.29, 1.82) is 0 Å². The normalized spacial score (nSPS) is 14.2. The summed E-state index contributed by atoms with van der Waals surface area (Å²) in [6, 6.07) is 24.7. The lowest BCUT2D eigenvalue weighted by Gasteiger charge is -2.35. The van der Waals surface area contributed by atoms with Gasteiger partial charge in [0.1, 0.15) is 24.3 Å². The van der Waals surface area contributed by atoms with Gasteiger partial charge in [-0.3, -0.25) is 19.6 Å².